The fourth-order valence-corrected chi connectivity index (χ4v) is 3.35. The Morgan fingerprint density at radius 2 is 2.18 bits per heavy atom. The maximum atomic E-state index is 12.1. The third-order valence-electron chi connectivity index (χ3n) is 3.02. The average Bonchev–Trinajstić information content (AvgIpc) is 2.33. The molecule has 17 heavy (non-hydrogen) atoms. The van der Waals surface area contributed by atoms with Crippen molar-refractivity contribution in [2.45, 2.75) is 13.0 Å². The van der Waals surface area contributed by atoms with E-state index in [4.69, 9.17) is 0 Å². The highest BCUT2D eigenvalue weighted by molar-refractivity contribution is 14.1. The molecule has 0 saturated carbocycles. The minimum Gasteiger partial charge on any atom is -0.293 e. The number of hydrogen-bond acceptors (Lipinski definition) is 3. The molecule has 2 rings (SSSR count). The minimum atomic E-state index is 0.236. The summed E-state index contributed by atoms with van der Waals surface area (Å²) in [4.78, 5) is 14.4. The zero-order valence-electron chi connectivity index (χ0n) is 9.86. The molecule has 0 aliphatic carbocycles. The van der Waals surface area contributed by atoms with E-state index in [0.717, 1.165) is 23.6 Å². The molecule has 1 aliphatic heterocycles. The fourth-order valence-electron chi connectivity index (χ4n) is 1.91. The molecular formula is C13H16INOS. The monoisotopic (exact) mass is 361 g/mol. The van der Waals surface area contributed by atoms with Crippen LogP contribution in [0.3, 0.4) is 0 Å². The van der Waals surface area contributed by atoms with E-state index >= 15 is 0 Å². The van der Waals surface area contributed by atoms with E-state index in [1.54, 1.807) is 0 Å². The Balaban J connectivity index is 1.98. The lowest BCUT2D eigenvalue weighted by atomic mass is 10.1. The summed E-state index contributed by atoms with van der Waals surface area (Å²) in [5.41, 5.74) is 0.829. The molecule has 0 amide bonds. The van der Waals surface area contributed by atoms with Gasteiger partial charge in [-0.15, -0.1) is 0 Å². The predicted molar refractivity (Wildman–Crippen MR) is 81.8 cm³/mol. The Kier molecular flexibility index (Phi) is 4.87. The Hall–Kier alpha value is -0.0700. The zero-order chi connectivity index (χ0) is 12.3. The van der Waals surface area contributed by atoms with Gasteiger partial charge in [0.25, 0.3) is 0 Å². The normalized spacial score (nSPS) is 21.4. The van der Waals surface area contributed by atoms with Crippen LogP contribution < -0.4 is 0 Å². The number of benzene rings is 1. The van der Waals surface area contributed by atoms with Gasteiger partial charge in [-0.05, 0) is 41.6 Å². The highest BCUT2D eigenvalue weighted by Gasteiger charge is 2.21. The van der Waals surface area contributed by atoms with Gasteiger partial charge in [0.1, 0.15) is 0 Å². The van der Waals surface area contributed by atoms with Crippen molar-refractivity contribution in [2.75, 3.05) is 24.6 Å². The number of thioether (sulfide) groups is 1. The second kappa shape index (κ2) is 6.20. The second-order valence-corrected chi connectivity index (χ2v) is 6.72. The zero-order valence-corrected chi connectivity index (χ0v) is 12.8. The lowest BCUT2D eigenvalue weighted by Crippen LogP contribution is -2.43. The lowest BCUT2D eigenvalue weighted by Gasteiger charge is -2.32. The quantitative estimate of drug-likeness (QED) is 0.610. The van der Waals surface area contributed by atoms with Gasteiger partial charge in [0.15, 0.2) is 5.78 Å². The number of hydrogen-bond donors (Lipinski definition) is 0. The van der Waals surface area contributed by atoms with E-state index in [9.17, 15) is 4.79 Å². The molecular weight excluding hydrogens is 345 g/mol. The van der Waals surface area contributed by atoms with Crippen molar-refractivity contribution in [2.24, 2.45) is 0 Å². The molecule has 2 nitrogen and oxygen atoms in total. The highest BCUT2D eigenvalue weighted by Crippen LogP contribution is 2.16. The molecule has 0 bridgehead atoms. The molecule has 1 unspecified atom stereocenters. The summed E-state index contributed by atoms with van der Waals surface area (Å²) < 4.78 is 1.17. The van der Waals surface area contributed by atoms with E-state index in [2.05, 4.69) is 34.4 Å². The first kappa shape index (κ1) is 13.4. The fraction of sp³-hybridized carbons (Fsp3) is 0.462. The van der Waals surface area contributed by atoms with E-state index in [-0.39, 0.29) is 5.78 Å². The largest absolute Gasteiger partial charge is 0.293 e. The standard InChI is InChI=1S/C13H16INOS/c1-10-9-17-7-6-15(10)8-13(16)11-2-4-12(14)5-3-11/h2-5,10H,6-9H2,1H3. The van der Waals surface area contributed by atoms with Crippen molar-refractivity contribution in [3.05, 3.63) is 33.4 Å². The second-order valence-electron chi connectivity index (χ2n) is 4.32. The van der Waals surface area contributed by atoms with Gasteiger partial charge in [0.05, 0.1) is 6.54 Å². The Morgan fingerprint density at radius 3 is 2.82 bits per heavy atom. The molecule has 4 heteroatoms. The maximum Gasteiger partial charge on any atom is 0.176 e. The Labute approximate surface area is 120 Å². The van der Waals surface area contributed by atoms with E-state index in [0.29, 0.717) is 12.6 Å². The van der Waals surface area contributed by atoms with Gasteiger partial charge in [-0.2, -0.15) is 11.8 Å². The van der Waals surface area contributed by atoms with Gasteiger partial charge in [-0.3, -0.25) is 9.69 Å². The van der Waals surface area contributed by atoms with Crippen LogP contribution in [-0.2, 0) is 0 Å². The molecule has 92 valence electrons. The van der Waals surface area contributed by atoms with Crippen LogP contribution in [0, 0.1) is 3.57 Å². The number of carbonyl (C=O) groups excluding carboxylic acids is 1. The van der Waals surface area contributed by atoms with Crippen LogP contribution in [0.2, 0.25) is 0 Å². The number of nitrogens with zero attached hydrogens (tertiary/aromatic N) is 1. The van der Waals surface area contributed by atoms with Crippen LogP contribution in [0.25, 0.3) is 0 Å². The molecule has 0 spiro atoms. The highest BCUT2D eigenvalue weighted by atomic mass is 127. The van der Waals surface area contributed by atoms with E-state index in [1.807, 2.05) is 36.0 Å². The molecule has 1 aromatic carbocycles. The summed E-state index contributed by atoms with van der Waals surface area (Å²) in [6.07, 6.45) is 0. The summed E-state index contributed by atoms with van der Waals surface area (Å²) in [5.74, 6) is 2.52. The van der Waals surface area contributed by atoms with Crippen LogP contribution in [0.15, 0.2) is 24.3 Å². The number of halogens is 1. The third kappa shape index (κ3) is 3.69. The van der Waals surface area contributed by atoms with Gasteiger partial charge < -0.3 is 0 Å². The summed E-state index contributed by atoms with van der Waals surface area (Å²) in [7, 11) is 0. The predicted octanol–water partition coefficient (Wildman–Crippen LogP) is 2.91. The smallest absolute Gasteiger partial charge is 0.176 e. The van der Waals surface area contributed by atoms with Crippen molar-refractivity contribution in [3.63, 3.8) is 0 Å². The van der Waals surface area contributed by atoms with Crippen LogP contribution in [0.4, 0.5) is 0 Å². The SMILES string of the molecule is CC1CSCCN1CC(=O)c1ccc(I)cc1. The average molecular weight is 361 g/mol. The van der Waals surface area contributed by atoms with Gasteiger partial charge in [0, 0.05) is 33.2 Å². The topological polar surface area (TPSA) is 20.3 Å². The van der Waals surface area contributed by atoms with Crippen molar-refractivity contribution in [1.29, 1.82) is 0 Å². The summed E-state index contributed by atoms with van der Waals surface area (Å²) in [5, 5.41) is 0. The lowest BCUT2D eigenvalue weighted by molar-refractivity contribution is 0.0911. The van der Waals surface area contributed by atoms with Crippen LogP contribution in [0.5, 0.6) is 0 Å². The minimum absolute atomic E-state index is 0.236. The van der Waals surface area contributed by atoms with Crippen molar-refractivity contribution < 1.29 is 4.79 Å². The van der Waals surface area contributed by atoms with Crippen LogP contribution in [-0.4, -0.2) is 41.3 Å². The first-order chi connectivity index (χ1) is 8.16. The number of ketones is 1. The number of Topliss-reactive ketones (excluding diaryl/α,β-unsaturated/α-hetero) is 1. The molecule has 1 saturated heterocycles. The molecule has 1 heterocycles. The van der Waals surface area contributed by atoms with Gasteiger partial charge >= 0.3 is 0 Å². The first-order valence-corrected chi connectivity index (χ1v) is 8.01. The van der Waals surface area contributed by atoms with Crippen molar-refractivity contribution in [1.82, 2.24) is 4.90 Å². The molecule has 0 radical (unpaired) electrons. The molecule has 0 aromatic heterocycles. The van der Waals surface area contributed by atoms with Crippen molar-refractivity contribution >= 4 is 40.1 Å². The van der Waals surface area contributed by atoms with Crippen LogP contribution in [0.1, 0.15) is 17.3 Å². The summed E-state index contributed by atoms with van der Waals surface area (Å²) in [6.45, 7) is 3.79. The molecule has 1 aliphatic rings. The maximum absolute atomic E-state index is 12.1. The van der Waals surface area contributed by atoms with Crippen LogP contribution >= 0.6 is 34.4 Å². The van der Waals surface area contributed by atoms with E-state index < -0.39 is 0 Å². The summed E-state index contributed by atoms with van der Waals surface area (Å²) in [6, 6.07) is 8.34. The summed E-state index contributed by atoms with van der Waals surface area (Å²) >= 11 is 4.23. The molecule has 1 fully saturated rings. The van der Waals surface area contributed by atoms with Gasteiger partial charge in [-0.25, -0.2) is 0 Å². The third-order valence-corrected chi connectivity index (χ3v) is 4.93. The molecule has 1 aromatic rings. The molecule has 0 N–H and O–H groups in total. The Morgan fingerprint density at radius 1 is 1.47 bits per heavy atom. The first-order valence-electron chi connectivity index (χ1n) is 5.77. The molecule has 1 atom stereocenters. The van der Waals surface area contributed by atoms with Gasteiger partial charge in [-0.1, -0.05) is 12.1 Å². The number of rotatable bonds is 3. The van der Waals surface area contributed by atoms with Crippen molar-refractivity contribution in [3.8, 4) is 0 Å². The number of carbonyl (C=O) groups is 1. The Bertz CT molecular complexity index is 393. The van der Waals surface area contributed by atoms with Gasteiger partial charge in [0.2, 0.25) is 0 Å². The van der Waals surface area contributed by atoms with E-state index in [1.165, 1.54) is 3.57 Å².